The zero-order valence-corrected chi connectivity index (χ0v) is 6.86. The van der Waals surface area contributed by atoms with E-state index >= 15 is 0 Å². The lowest BCUT2D eigenvalue weighted by atomic mass is 10.1. The lowest BCUT2D eigenvalue weighted by molar-refractivity contribution is -0.143. The van der Waals surface area contributed by atoms with Gasteiger partial charge in [-0.25, -0.2) is 9.90 Å². The van der Waals surface area contributed by atoms with E-state index in [4.69, 9.17) is 11.6 Å². The number of hydrogen-bond donors (Lipinski definition) is 0. The molecule has 0 aromatic heterocycles. The Morgan fingerprint density at radius 2 is 2.20 bits per heavy atom. The Kier molecular flexibility index (Phi) is 5.40. The summed E-state index contributed by atoms with van der Waals surface area (Å²) < 4.78 is 0. The van der Waals surface area contributed by atoms with Gasteiger partial charge < -0.3 is 0 Å². The van der Waals surface area contributed by atoms with Crippen LogP contribution in [0.1, 0.15) is 32.6 Å². The Hall–Kier alpha value is -0.240. The number of rotatable bonds is 5. The van der Waals surface area contributed by atoms with Crippen LogP contribution in [-0.4, -0.2) is 11.3 Å². The smallest absolute Gasteiger partial charge is 0.247 e. The maximum Gasteiger partial charge on any atom is 0.357 e. The van der Waals surface area contributed by atoms with Crippen molar-refractivity contribution >= 4 is 17.6 Å². The average molecular weight is 164 g/mol. The molecule has 0 N–H and O–H groups in total. The van der Waals surface area contributed by atoms with Crippen molar-refractivity contribution in [1.82, 2.24) is 0 Å². The van der Waals surface area contributed by atoms with Gasteiger partial charge in [0, 0.05) is 5.38 Å². The van der Waals surface area contributed by atoms with Crippen molar-refractivity contribution in [3.05, 3.63) is 0 Å². The zero-order chi connectivity index (χ0) is 7.98. The number of unbranched alkanes of at least 4 members (excludes halogenated alkanes) is 1. The molecule has 0 heterocycles. The van der Waals surface area contributed by atoms with E-state index in [1.54, 1.807) is 0 Å². The molecule has 1 radical (unpaired) electrons. The molecule has 10 heavy (non-hydrogen) atoms. The van der Waals surface area contributed by atoms with Crippen molar-refractivity contribution < 1.29 is 9.90 Å². The first-order valence-electron chi connectivity index (χ1n) is 3.50. The van der Waals surface area contributed by atoms with Gasteiger partial charge in [0.25, 0.3) is 0 Å². The maximum atomic E-state index is 9.98. The number of halogens is 1. The van der Waals surface area contributed by atoms with Gasteiger partial charge in [0.1, 0.15) is 0 Å². The summed E-state index contributed by atoms with van der Waals surface area (Å²) >= 11 is 5.63. The minimum Gasteiger partial charge on any atom is -0.247 e. The molecule has 1 atom stereocenters. The first-order valence-corrected chi connectivity index (χ1v) is 3.94. The molecule has 0 saturated carbocycles. The van der Waals surface area contributed by atoms with Gasteiger partial charge in [-0.15, -0.1) is 11.6 Å². The first kappa shape index (κ1) is 9.76. The van der Waals surface area contributed by atoms with Crippen LogP contribution >= 0.6 is 11.6 Å². The van der Waals surface area contributed by atoms with Crippen LogP contribution in [0.15, 0.2) is 0 Å². The lowest BCUT2D eigenvalue weighted by Gasteiger charge is -2.02. The van der Waals surface area contributed by atoms with Crippen LogP contribution in [0.4, 0.5) is 0 Å². The topological polar surface area (TPSA) is 37.0 Å². The molecular formula is C7H12ClO2. The van der Waals surface area contributed by atoms with Gasteiger partial charge in [0.15, 0.2) is 0 Å². The Balaban J connectivity index is 3.25. The van der Waals surface area contributed by atoms with E-state index in [1.165, 1.54) is 0 Å². The molecule has 0 fully saturated rings. The van der Waals surface area contributed by atoms with Crippen LogP contribution in [0.25, 0.3) is 0 Å². The molecule has 0 aliphatic carbocycles. The van der Waals surface area contributed by atoms with Crippen LogP contribution in [0.2, 0.25) is 0 Å². The molecule has 1 unspecified atom stereocenters. The van der Waals surface area contributed by atoms with Gasteiger partial charge in [-0.2, -0.15) is 0 Å². The number of carbonyl (C=O) groups excluding carboxylic acids is 1. The molecule has 0 aromatic rings. The summed E-state index contributed by atoms with van der Waals surface area (Å²) in [4.78, 5) is 9.98. The van der Waals surface area contributed by atoms with Crippen LogP contribution in [0.3, 0.4) is 0 Å². The van der Waals surface area contributed by atoms with Crippen molar-refractivity contribution in [3.8, 4) is 0 Å². The molecule has 0 rings (SSSR count). The highest BCUT2D eigenvalue weighted by Gasteiger charge is 2.09. The fourth-order valence-corrected chi connectivity index (χ4v) is 0.989. The van der Waals surface area contributed by atoms with Crippen LogP contribution in [0.5, 0.6) is 0 Å². The van der Waals surface area contributed by atoms with E-state index in [-0.39, 0.29) is 11.8 Å². The lowest BCUT2D eigenvalue weighted by Crippen LogP contribution is -2.05. The highest BCUT2D eigenvalue weighted by atomic mass is 35.5. The second-order valence-electron chi connectivity index (χ2n) is 2.32. The molecule has 0 saturated heterocycles. The van der Waals surface area contributed by atoms with Crippen molar-refractivity contribution in [3.63, 3.8) is 0 Å². The van der Waals surface area contributed by atoms with Crippen LogP contribution in [-0.2, 0) is 9.90 Å². The van der Waals surface area contributed by atoms with Crippen molar-refractivity contribution in [2.75, 3.05) is 0 Å². The Bertz CT molecular complexity index is 104. The SMILES string of the molecule is CCCCC(Cl)CC([O])=O. The molecule has 0 spiro atoms. The van der Waals surface area contributed by atoms with Gasteiger partial charge in [-0.1, -0.05) is 19.8 Å². The summed E-state index contributed by atoms with van der Waals surface area (Å²) in [6.07, 6.45) is 2.78. The van der Waals surface area contributed by atoms with E-state index in [0.29, 0.717) is 0 Å². The van der Waals surface area contributed by atoms with Crippen molar-refractivity contribution in [2.45, 2.75) is 38.0 Å². The average Bonchev–Trinajstić information content (AvgIpc) is 1.82. The molecule has 2 nitrogen and oxygen atoms in total. The Morgan fingerprint density at radius 1 is 1.60 bits per heavy atom. The third-order valence-corrected chi connectivity index (χ3v) is 1.63. The van der Waals surface area contributed by atoms with Gasteiger partial charge >= 0.3 is 5.97 Å². The highest BCUT2D eigenvalue weighted by Crippen LogP contribution is 2.10. The summed E-state index contributed by atoms with van der Waals surface area (Å²) in [5.74, 6) is -1.06. The van der Waals surface area contributed by atoms with E-state index < -0.39 is 5.97 Å². The van der Waals surface area contributed by atoms with Crippen molar-refractivity contribution in [2.24, 2.45) is 0 Å². The molecule has 0 aromatic carbocycles. The third-order valence-electron chi connectivity index (χ3n) is 1.26. The summed E-state index contributed by atoms with van der Waals surface area (Å²) in [6.45, 7) is 2.04. The van der Waals surface area contributed by atoms with Crippen LogP contribution < -0.4 is 0 Å². The van der Waals surface area contributed by atoms with Gasteiger partial charge in [-0.05, 0) is 6.42 Å². The Labute approximate surface area is 66.2 Å². The van der Waals surface area contributed by atoms with Crippen molar-refractivity contribution in [1.29, 1.82) is 0 Å². The molecular weight excluding hydrogens is 152 g/mol. The standard InChI is InChI=1S/C7H12ClO2/c1-2-3-4-6(8)5-7(9)10/h6H,2-5H2,1H3. The minimum absolute atomic E-state index is 0.0262. The summed E-state index contributed by atoms with van der Waals surface area (Å²) in [5, 5.41) is 9.73. The molecule has 0 aliphatic heterocycles. The molecule has 0 amide bonds. The highest BCUT2D eigenvalue weighted by molar-refractivity contribution is 6.21. The van der Waals surface area contributed by atoms with E-state index in [1.807, 2.05) is 6.92 Å². The summed E-state index contributed by atoms with van der Waals surface area (Å²) in [6, 6.07) is 0. The van der Waals surface area contributed by atoms with E-state index in [2.05, 4.69) is 0 Å². The zero-order valence-electron chi connectivity index (χ0n) is 6.10. The normalized spacial score (nSPS) is 13.0. The molecule has 0 aliphatic rings. The molecule has 59 valence electrons. The fourth-order valence-electron chi connectivity index (χ4n) is 0.709. The molecule has 3 heteroatoms. The number of hydrogen-bond acceptors (Lipinski definition) is 1. The predicted molar refractivity (Wildman–Crippen MR) is 39.5 cm³/mol. The van der Waals surface area contributed by atoms with Crippen LogP contribution in [0, 0.1) is 0 Å². The second-order valence-corrected chi connectivity index (χ2v) is 2.93. The fraction of sp³-hybridized carbons (Fsp3) is 0.857. The largest absolute Gasteiger partial charge is 0.357 e. The summed E-state index contributed by atoms with van der Waals surface area (Å²) in [7, 11) is 0. The van der Waals surface area contributed by atoms with E-state index in [9.17, 15) is 9.90 Å². The third kappa shape index (κ3) is 5.89. The number of carbonyl (C=O) groups is 1. The van der Waals surface area contributed by atoms with Gasteiger partial charge in [-0.3, -0.25) is 0 Å². The number of alkyl halides is 1. The Morgan fingerprint density at radius 3 is 2.60 bits per heavy atom. The quantitative estimate of drug-likeness (QED) is 0.572. The predicted octanol–water partition coefficient (Wildman–Crippen LogP) is 2.13. The summed E-state index contributed by atoms with van der Waals surface area (Å²) in [5.41, 5.74) is 0. The maximum absolute atomic E-state index is 9.98. The van der Waals surface area contributed by atoms with Gasteiger partial charge in [0.2, 0.25) is 0 Å². The second kappa shape index (κ2) is 5.54. The van der Waals surface area contributed by atoms with Gasteiger partial charge in [0.05, 0.1) is 6.42 Å². The first-order chi connectivity index (χ1) is 4.66. The monoisotopic (exact) mass is 163 g/mol. The molecule has 0 bridgehead atoms. The van der Waals surface area contributed by atoms with E-state index in [0.717, 1.165) is 19.3 Å². The minimum atomic E-state index is -1.06.